The molecule has 1 atom stereocenters. The number of hydrogen-bond donors (Lipinski definition) is 2. The minimum absolute atomic E-state index is 0.00616. The molecule has 8 nitrogen and oxygen atoms in total. The van der Waals surface area contributed by atoms with Gasteiger partial charge in [0.05, 0.1) is 20.6 Å². The molecule has 1 unspecified atom stereocenters. The molecule has 1 amide bonds. The molecule has 1 aliphatic heterocycles. The number of rotatable bonds is 3. The lowest BCUT2D eigenvalue weighted by Crippen LogP contribution is -2.61. The lowest BCUT2D eigenvalue weighted by molar-refractivity contribution is -0.151. The quantitative estimate of drug-likeness (QED) is 0.585. The highest BCUT2D eigenvalue weighted by molar-refractivity contribution is 6.37. The molecule has 0 aromatic rings. The Morgan fingerprint density at radius 1 is 1.35 bits per heavy atom. The van der Waals surface area contributed by atoms with E-state index in [0.29, 0.717) is 0 Å². The van der Waals surface area contributed by atoms with Crippen molar-refractivity contribution in [3.63, 3.8) is 0 Å². The van der Waals surface area contributed by atoms with Crippen molar-refractivity contribution in [2.75, 3.05) is 14.2 Å². The molecule has 0 radical (unpaired) electrons. The normalized spacial score (nSPS) is 22.2. The Balaban J connectivity index is 2.89. The Hall–Kier alpha value is -2.12. The van der Waals surface area contributed by atoms with Crippen LogP contribution in [0.2, 0.25) is 0 Å². The number of amides is 1. The maximum atomic E-state index is 11.6. The molecule has 0 aromatic heterocycles. The number of carbonyl (C=O) groups is 3. The maximum Gasteiger partial charge on any atom is 0.354 e. The van der Waals surface area contributed by atoms with Gasteiger partial charge in [0.25, 0.3) is 0 Å². The molecule has 8 heteroatoms. The molecule has 1 aliphatic rings. The van der Waals surface area contributed by atoms with E-state index in [9.17, 15) is 14.4 Å². The van der Waals surface area contributed by atoms with Gasteiger partial charge < -0.3 is 14.8 Å². The van der Waals surface area contributed by atoms with E-state index >= 15 is 0 Å². The molecule has 0 fully saturated rings. The number of nitrogens with one attached hydrogen (secondary N) is 2. The summed E-state index contributed by atoms with van der Waals surface area (Å²) in [5, 5.41) is 6.03. The van der Waals surface area contributed by atoms with Gasteiger partial charge in [-0.25, -0.2) is 9.59 Å². The van der Waals surface area contributed by atoms with Crippen LogP contribution in [0.3, 0.4) is 0 Å². The Kier molecular flexibility index (Phi) is 3.66. The highest BCUT2D eigenvalue weighted by atomic mass is 16.5. The molecule has 1 heterocycles. The van der Waals surface area contributed by atoms with Crippen molar-refractivity contribution in [1.29, 1.82) is 0 Å². The van der Waals surface area contributed by atoms with Crippen molar-refractivity contribution >= 4 is 23.6 Å². The Morgan fingerprint density at radius 2 is 2.00 bits per heavy atom. The molecule has 17 heavy (non-hydrogen) atoms. The number of esters is 2. The predicted molar refractivity (Wildman–Crippen MR) is 55.8 cm³/mol. The van der Waals surface area contributed by atoms with Crippen LogP contribution < -0.4 is 10.7 Å². The second-order valence-electron chi connectivity index (χ2n) is 3.42. The largest absolute Gasteiger partial charge is 0.466 e. The van der Waals surface area contributed by atoms with E-state index in [0.717, 1.165) is 0 Å². The first-order chi connectivity index (χ1) is 7.95. The molecule has 1 rings (SSSR count). The monoisotopic (exact) mass is 243 g/mol. The zero-order valence-electron chi connectivity index (χ0n) is 9.70. The number of nitrogens with zero attached hydrogens (tertiary/aromatic N) is 1. The van der Waals surface area contributed by atoms with Crippen LogP contribution in [0, 0.1) is 0 Å². The van der Waals surface area contributed by atoms with Crippen molar-refractivity contribution < 1.29 is 23.9 Å². The van der Waals surface area contributed by atoms with Gasteiger partial charge in [-0.1, -0.05) is 0 Å². The van der Waals surface area contributed by atoms with Crippen molar-refractivity contribution in [3.8, 4) is 0 Å². The van der Waals surface area contributed by atoms with Gasteiger partial charge in [0.15, 0.2) is 0 Å². The number of ether oxygens (including phenoxy) is 2. The van der Waals surface area contributed by atoms with E-state index in [4.69, 9.17) is 0 Å². The van der Waals surface area contributed by atoms with Crippen LogP contribution in [0.5, 0.6) is 0 Å². The van der Waals surface area contributed by atoms with Crippen molar-refractivity contribution in [3.05, 3.63) is 0 Å². The number of hydrazone groups is 1. The molecule has 0 aliphatic carbocycles. The van der Waals surface area contributed by atoms with Gasteiger partial charge in [-0.15, -0.1) is 0 Å². The third-order valence-corrected chi connectivity index (χ3v) is 2.16. The van der Waals surface area contributed by atoms with E-state index in [2.05, 4.69) is 25.3 Å². The van der Waals surface area contributed by atoms with Crippen LogP contribution in [0.4, 0.5) is 0 Å². The molecule has 94 valence electrons. The summed E-state index contributed by atoms with van der Waals surface area (Å²) in [4.78, 5) is 33.9. The third kappa shape index (κ3) is 2.52. The van der Waals surface area contributed by atoms with Gasteiger partial charge in [-0.05, 0) is 0 Å². The van der Waals surface area contributed by atoms with E-state index in [1.54, 1.807) is 0 Å². The van der Waals surface area contributed by atoms with Gasteiger partial charge in [0, 0.05) is 6.92 Å². The fourth-order valence-corrected chi connectivity index (χ4v) is 1.44. The second-order valence-corrected chi connectivity index (χ2v) is 3.42. The average molecular weight is 243 g/mol. The fraction of sp³-hybridized carbons (Fsp3) is 0.556. The molecular formula is C9H13N3O5. The highest BCUT2D eigenvalue weighted by Gasteiger charge is 2.47. The number of methoxy groups -OCH3 is 2. The first-order valence-electron chi connectivity index (χ1n) is 4.74. The Bertz CT molecular complexity index is 392. The maximum absolute atomic E-state index is 11.6. The number of hydrogen-bond acceptors (Lipinski definition) is 7. The molecule has 0 saturated carbocycles. The minimum Gasteiger partial charge on any atom is -0.466 e. The molecule has 0 spiro atoms. The molecule has 0 saturated heterocycles. The van der Waals surface area contributed by atoms with E-state index < -0.39 is 23.5 Å². The molecular weight excluding hydrogens is 230 g/mol. The molecule has 0 aromatic carbocycles. The minimum atomic E-state index is -1.54. The van der Waals surface area contributed by atoms with Gasteiger partial charge in [-0.2, -0.15) is 5.10 Å². The van der Waals surface area contributed by atoms with Crippen LogP contribution in [0.25, 0.3) is 0 Å². The van der Waals surface area contributed by atoms with Crippen molar-refractivity contribution in [2.45, 2.75) is 19.0 Å². The predicted octanol–water partition coefficient (Wildman–Crippen LogP) is -1.49. The van der Waals surface area contributed by atoms with E-state index in [1.807, 2.05) is 0 Å². The van der Waals surface area contributed by atoms with Gasteiger partial charge in [-0.3, -0.25) is 10.2 Å². The SMILES string of the molecule is COC(=O)C1=NNC(NC(C)=O)(C(=O)OC)C1. The third-order valence-electron chi connectivity index (χ3n) is 2.16. The lowest BCUT2D eigenvalue weighted by Gasteiger charge is -2.25. The standard InChI is InChI=1S/C9H13N3O5/c1-5(13)10-9(8(15)17-3)4-6(11-12-9)7(14)16-2/h12H,4H2,1-3H3,(H,10,13). The number of carbonyl (C=O) groups excluding carboxylic acids is 3. The van der Waals surface area contributed by atoms with Gasteiger partial charge >= 0.3 is 11.9 Å². The average Bonchev–Trinajstić information content (AvgIpc) is 2.71. The second kappa shape index (κ2) is 4.81. The fourth-order valence-electron chi connectivity index (χ4n) is 1.44. The van der Waals surface area contributed by atoms with Crippen LogP contribution in [0.15, 0.2) is 5.10 Å². The van der Waals surface area contributed by atoms with E-state index in [1.165, 1.54) is 21.1 Å². The summed E-state index contributed by atoms with van der Waals surface area (Å²) in [7, 11) is 2.37. The molecule has 2 N–H and O–H groups in total. The van der Waals surface area contributed by atoms with Crippen LogP contribution in [-0.2, 0) is 23.9 Å². The topological polar surface area (TPSA) is 106 Å². The van der Waals surface area contributed by atoms with Crippen molar-refractivity contribution in [2.24, 2.45) is 5.10 Å². The van der Waals surface area contributed by atoms with Crippen LogP contribution in [0.1, 0.15) is 13.3 Å². The summed E-state index contributed by atoms with van der Waals surface area (Å²) in [6, 6.07) is 0. The summed E-state index contributed by atoms with van der Waals surface area (Å²) >= 11 is 0. The summed E-state index contributed by atoms with van der Waals surface area (Å²) in [5.41, 5.74) is 0.867. The summed E-state index contributed by atoms with van der Waals surface area (Å²) in [5.74, 6) is -1.87. The highest BCUT2D eigenvalue weighted by Crippen LogP contribution is 2.17. The summed E-state index contributed by atoms with van der Waals surface area (Å²) in [6.07, 6.45) is -0.133. The first kappa shape index (κ1) is 12.9. The zero-order chi connectivity index (χ0) is 13.1. The lowest BCUT2D eigenvalue weighted by atomic mass is 10.0. The Labute approximate surface area is 97.3 Å². The van der Waals surface area contributed by atoms with Crippen LogP contribution in [-0.4, -0.2) is 43.4 Å². The van der Waals surface area contributed by atoms with E-state index in [-0.39, 0.29) is 12.1 Å². The van der Waals surface area contributed by atoms with Crippen molar-refractivity contribution in [1.82, 2.24) is 10.7 Å². The summed E-state index contributed by atoms with van der Waals surface area (Å²) in [6.45, 7) is 1.24. The molecule has 0 bridgehead atoms. The Morgan fingerprint density at radius 3 is 2.47 bits per heavy atom. The smallest absolute Gasteiger partial charge is 0.354 e. The van der Waals surface area contributed by atoms with Gasteiger partial charge in [0.1, 0.15) is 5.71 Å². The zero-order valence-corrected chi connectivity index (χ0v) is 9.70. The van der Waals surface area contributed by atoms with Crippen LogP contribution >= 0.6 is 0 Å². The first-order valence-corrected chi connectivity index (χ1v) is 4.74. The summed E-state index contributed by atoms with van der Waals surface area (Å²) < 4.78 is 9.03. The van der Waals surface area contributed by atoms with Gasteiger partial charge in [0.2, 0.25) is 11.6 Å².